The second-order valence-electron chi connectivity index (χ2n) is 8.60. The van der Waals surface area contributed by atoms with Crippen LogP contribution in [0.3, 0.4) is 0 Å². The number of nitrogens with zero attached hydrogens (tertiary/aromatic N) is 1. The van der Waals surface area contributed by atoms with E-state index in [1.165, 1.54) is 12.1 Å². The van der Waals surface area contributed by atoms with Crippen molar-refractivity contribution >= 4 is 17.1 Å². The number of aliphatic hydroxyl groups excluding tert-OH is 1. The summed E-state index contributed by atoms with van der Waals surface area (Å²) in [6.45, 7) is 0.870. The number of urea groups is 1. The van der Waals surface area contributed by atoms with Crippen molar-refractivity contribution in [1.82, 2.24) is 20.6 Å². The summed E-state index contributed by atoms with van der Waals surface area (Å²) in [5, 5.41) is 15.6. The molecule has 0 aliphatic heterocycles. The first-order chi connectivity index (χ1) is 15.3. The molecule has 1 aliphatic carbocycles. The van der Waals surface area contributed by atoms with Gasteiger partial charge in [0.2, 0.25) is 0 Å². The fourth-order valence-electron chi connectivity index (χ4n) is 4.13. The Kier molecular flexibility index (Phi) is 6.41. The lowest BCUT2D eigenvalue weighted by molar-refractivity contribution is 0.0174. The summed E-state index contributed by atoms with van der Waals surface area (Å²) in [6, 6.07) is 13.0. The lowest BCUT2D eigenvalue weighted by Crippen LogP contribution is -2.45. The van der Waals surface area contributed by atoms with Crippen LogP contribution in [0.1, 0.15) is 55.6 Å². The van der Waals surface area contributed by atoms with E-state index in [0.717, 1.165) is 36.4 Å². The number of carbonyl (C=O) groups is 1. The molecule has 1 aromatic heterocycles. The minimum Gasteiger partial charge on any atom is -0.393 e. The van der Waals surface area contributed by atoms with E-state index >= 15 is 0 Å². The number of amides is 2. The summed E-state index contributed by atoms with van der Waals surface area (Å²) in [6.07, 6.45) is 2.91. The standard InChI is InChI=1S/C24H28F2N4O2/c1-24(25,26)16-8-6-15(7-9-16)14-21(22-28-19-4-2-3-5-20(19)29-22)30-23(32)27-17-10-12-18(31)13-11-17/h2-9,17-18,21,31H,10-14H2,1H3,(H,28,29)(H2,27,30,32)/t17-,18-,21?. The number of benzene rings is 2. The molecule has 0 saturated heterocycles. The van der Waals surface area contributed by atoms with Crippen molar-refractivity contribution in [3.8, 4) is 0 Å². The van der Waals surface area contributed by atoms with Gasteiger partial charge in [-0.05, 0) is 49.8 Å². The molecule has 2 amide bonds. The van der Waals surface area contributed by atoms with E-state index in [1.54, 1.807) is 12.1 Å². The third kappa shape index (κ3) is 5.43. The molecule has 0 spiro atoms. The largest absolute Gasteiger partial charge is 0.393 e. The SMILES string of the molecule is CC(F)(F)c1ccc(CC(NC(=O)N[C@H]2CC[C@H](O)CC2)c2nc3ccccc3[nH]2)cc1. The summed E-state index contributed by atoms with van der Waals surface area (Å²) in [7, 11) is 0. The van der Waals surface area contributed by atoms with E-state index < -0.39 is 12.0 Å². The first-order valence-electron chi connectivity index (χ1n) is 10.9. The number of hydrogen-bond acceptors (Lipinski definition) is 3. The second kappa shape index (κ2) is 9.24. The minimum absolute atomic E-state index is 0.0146. The molecule has 1 heterocycles. The number of H-pyrrole nitrogens is 1. The normalized spacial score (nSPS) is 20.1. The summed E-state index contributed by atoms with van der Waals surface area (Å²) >= 11 is 0. The van der Waals surface area contributed by atoms with E-state index in [0.29, 0.717) is 25.1 Å². The molecule has 2 aromatic carbocycles. The highest BCUT2D eigenvalue weighted by molar-refractivity contribution is 5.76. The number of alkyl halides is 2. The highest BCUT2D eigenvalue weighted by Crippen LogP contribution is 2.28. The van der Waals surface area contributed by atoms with Crippen molar-refractivity contribution in [2.24, 2.45) is 0 Å². The summed E-state index contributed by atoms with van der Waals surface area (Å²) in [5.41, 5.74) is 2.41. The predicted octanol–water partition coefficient (Wildman–Crippen LogP) is 4.56. The molecule has 1 saturated carbocycles. The molecule has 6 nitrogen and oxygen atoms in total. The number of para-hydroxylation sites is 2. The Labute approximate surface area is 185 Å². The van der Waals surface area contributed by atoms with Crippen molar-refractivity contribution in [3.05, 3.63) is 65.5 Å². The Morgan fingerprint density at radius 3 is 2.50 bits per heavy atom. The number of nitrogens with one attached hydrogen (secondary N) is 3. The average Bonchev–Trinajstić information content (AvgIpc) is 3.19. The van der Waals surface area contributed by atoms with Gasteiger partial charge in [-0.3, -0.25) is 0 Å². The molecule has 3 aromatic rings. The van der Waals surface area contributed by atoms with Gasteiger partial charge in [-0.1, -0.05) is 36.4 Å². The zero-order valence-electron chi connectivity index (χ0n) is 17.9. The topological polar surface area (TPSA) is 90.0 Å². The van der Waals surface area contributed by atoms with Gasteiger partial charge < -0.3 is 20.7 Å². The van der Waals surface area contributed by atoms with Crippen LogP contribution in [0.15, 0.2) is 48.5 Å². The number of halogens is 2. The zero-order valence-corrected chi connectivity index (χ0v) is 17.9. The third-order valence-electron chi connectivity index (χ3n) is 5.98. The summed E-state index contributed by atoms with van der Waals surface area (Å²) in [4.78, 5) is 20.6. The first kappa shape index (κ1) is 22.2. The minimum atomic E-state index is -2.90. The van der Waals surface area contributed by atoms with Crippen molar-refractivity contribution in [2.75, 3.05) is 0 Å². The summed E-state index contributed by atoms with van der Waals surface area (Å²) in [5.74, 6) is -2.30. The molecule has 1 atom stereocenters. The maximum Gasteiger partial charge on any atom is 0.315 e. The van der Waals surface area contributed by atoms with Gasteiger partial charge in [-0.25, -0.2) is 18.6 Å². The monoisotopic (exact) mass is 442 g/mol. The molecular formula is C24H28F2N4O2. The maximum absolute atomic E-state index is 13.6. The maximum atomic E-state index is 13.6. The fraction of sp³-hybridized carbons (Fsp3) is 0.417. The van der Waals surface area contributed by atoms with Gasteiger partial charge in [0.05, 0.1) is 23.2 Å². The zero-order chi connectivity index (χ0) is 22.7. The van der Waals surface area contributed by atoms with Crippen LogP contribution >= 0.6 is 0 Å². The first-order valence-corrected chi connectivity index (χ1v) is 10.9. The van der Waals surface area contributed by atoms with Gasteiger partial charge in [-0.15, -0.1) is 0 Å². The quantitative estimate of drug-likeness (QED) is 0.451. The molecule has 8 heteroatoms. The molecule has 1 fully saturated rings. The Balaban J connectivity index is 1.52. The smallest absolute Gasteiger partial charge is 0.315 e. The fourth-order valence-corrected chi connectivity index (χ4v) is 4.13. The Morgan fingerprint density at radius 2 is 1.84 bits per heavy atom. The number of aliphatic hydroxyl groups is 1. The van der Waals surface area contributed by atoms with Crippen LogP contribution in [0.2, 0.25) is 0 Å². The number of carbonyl (C=O) groups excluding carboxylic acids is 1. The Morgan fingerprint density at radius 1 is 1.16 bits per heavy atom. The lowest BCUT2D eigenvalue weighted by Gasteiger charge is -2.27. The molecule has 0 radical (unpaired) electrons. The van der Waals surface area contributed by atoms with Crippen LogP contribution in [-0.4, -0.2) is 33.3 Å². The lowest BCUT2D eigenvalue weighted by atomic mass is 9.93. The Bertz CT molecular complexity index is 1020. The molecule has 170 valence electrons. The van der Waals surface area contributed by atoms with Gasteiger partial charge in [0, 0.05) is 18.5 Å². The van der Waals surface area contributed by atoms with Crippen molar-refractivity contribution < 1.29 is 18.7 Å². The van der Waals surface area contributed by atoms with E-state index in [1.807, 2.05) is 24.3 Å². The molecule has 32 heavy (non-hydrogen) atoms. The van der Waals surface area contributed by atoms with Gasteiger partial charge in [0.1, 0.15) is 5.82 Å². The van der Waals surface area contributed by atoms with Crippen molar-refractivity contribution in [2.45, 2.75) is 63.1 Å². The van der Waals surface area contributed by atoms with Crippen LogP contribution in [0, 0.1) is 0 Å². The molecule has 4 rings (SSSR count). The molecular weight excluding hydrogens is 414 g/mol. The highest BCUT2D eigenvalue weighted by atomic mass is 19.3. The number of aromatic amines is 1. The molecule has 1 aliphatic rings. The highest BCUT2D eigenvalue weighted by Gasteiger charge is 2.26. The number of rotatable bonds is 6. The number of aromatic nitrogens is 2. The van der Waals surface area contributed by atoms with Crippen LogP contribution in [0.25, 0.3) is 11.0 Å². The Hall–Kier alpha value is -3.00. The number of hydrogen-bond donors (Lipinski definition) is 4. The predicted molar refractivity (Wildman–Crippen MR) is 118 cm³/mol. The van der Waals surface area contributed by atoms with Crippen molar-refractivity contribution in [1.29, 1.82) is 0 Å². The van der Waals surface area contributed by atoms with Gasteiger partial charge in [0.15, 0.2) is 0 Å². The van der Waals surface area contributed by atoms with E-state index in [-0.39, 0.29) is 23.7 Å². The van der Waals surface area contributed by atoms with Crippen LogP contribution in [-0.2, 0) is 12.3 Å². The average molecular weight is 443 g/mol. The molecule has 4 N–H and O–H groups in total. The van der Waals surface area contributed by atoms with Crippen molar-refractivity contribution in [3.63, 3.8) is 0 Å². The van der Waals surface area contributed by atoms with Gasteiger partial charge in [0.25, 0.3) is 5.92 Å². The van der Waals surface area contributed by atoms with E-state index in [9.17, 15) is 18.7 Å². The number of fused-ring (bicyclic) bond motifs is 1. The molecule has 0 bridgehead atoms. The molecule has 1 unspecified atom stereocenters. The van der Waals surface area contributed by atoms with Crippen LogP contribution in [0.5, 0.6) is 0 Å². The van der Waals surface area contributed by atoms with Crippen LogP contribution < -0.4 is 10.6 Å². The second-order valence-corrected chi connectivity index (χ2v) is 8.60. The third-order valence-corrected chi connectivity index (χ3v) is 5.98. The van der Waals surface area contributed by atoms with Gasteiger partial charge >= 0.3 is 6.03 Å². The van der Waals surface area contributed by atoms with E-state index in [2.05, 4.69) is 20.6 Å². The van der Waals surface area contributed by atoms with E-state index in [4.69, 9.17) is 0 Å². The van der Waals surface area contributed by atoms with Gasteiger partial charge in [-0.2, -0.15) is 0 Å². The summed E-state index contributed by atoms with van der Waals surface area (Å²) < 4.78 is 27.1. The van der Waals surface area contributed by atoms with Crippen LogP contribution in [0.4, 0.5) is 13.6 Å². The number of imidazole rings is 1.